The van der Waals surface area contributed by atoms with Crippen LogP contribution in [0.5, 0.6) is 5.75 Å². The first kappa shape index (κ1) is 30.2. The molecule has 222 valence electrons. The Morgan fingerprint density at radius 3 is 2.44 bits per heavy atom. The van der Waals surface area contributed by atoms with E-state index in [9.17, 15) is 27.6 Å². The fraction of sp³-hybridized carbons (Fsp3) is 0.500. The van der Waals surface area contributed by atoms with Gasteiger partial charge in [-0.1, -0.05) is 30.3 Å². The van der Waals surface area contributed by atoms with Crippen LogP contribution in [-0.4, -0.2) is 73.8 Å². The highest BCUT2D eigenvalue weighted by atomic mass is 19.3. The predicted octanol–water partition coefficient (Wildman–Crippen LogP) is 4.92. The second-order valence-corrected chi connectivity index (χ2v) is 11.4. The average molecular weight is 576 g/mol. The van der Waals surface area contributed by atoms with Gasteiger partial charge in [0.2, 0.25) is 0 Å². The highest BCUT2D eigenvalue weighted by molar-refractivity contribution is 6.02. The largest absolute Gasteiger partial charge is 0.486 e. The summed E-state index contributed by atoms with van der Waals surface area (Å²) < 4.78 is 54.9. The predicted molar refractivity (Wildman–Crippen MR) is 146 cm³/mol. The lowest BCUT2D eigenvalue weighted by Crippen LogP contribution is -2.52. The molecule has 11 heteroatoms. The molecule has 2 heterocycles. The average Bonchev–Trinajstić information content (AvgIpc) is 3.30. The molecular formula is C30H36F3N3O5. The molecule has 8 nitrogen and oxygen atoms in total. The number of likely N-dealkylation sites (tertiary alicyclic amines) is 1. The van der Waals surface area contributed by atoms with Crippen LogP contribution in [0.25, 0.3) is 0 Å². The van der Waals surface area contributed by atoms with E-state index in [4.69, 9.17) is 9.47 Å². The lowest BCUT2D eigenvalue weighted by atomic mass is 9.86. The molecule has 1 saturated heterocycles. The first-order valence-corrected chi connectivity index (χ1v) is 13.7. The number of fused-ring (bicyclic) bond motifs is 1. The molecule has 2 aliphatic heterocycles. The molecule has 3 unspecified atom stereocenters. The van der Waals surface area contributed by atoms with Crippen LogP contribution >= 0.6 is 0 Å². The van der Waals surface area contributed by atoms with Crippen molar-refractivity contribution in [2.45, 2.75) is 57.2 Å². The molecule has 2 aliphatic rings. The second-order valence-electron chi connectivity index (χ2n) is 11.4. The first-order valence-electron chi connectivity index (χ1n) is 13.7. The van der Waals surface area contributed by atoms with E-state index in [-0.39, 0.29) is 42.8 Å². The maximum atomic E-state index is 14.9. The highest BCUT2D eigenvalue weighted by Gasteiger charge is 2.46. The van der Waals surface area contributed by atoms with Gasteiger partial charge in [-0.05, 0) is 51.3 Å². The number of carbonyl (C=O) groups excluding carboxylic acids is 3. The van der Waals surface area contributed by atoms with E-state index in [0.29, 0.717) is 5.56 Å². The van der Waals surface area contributed by atoms with Crippen LogP contribution in [0.2, 0.25) is 0 Å². The summed E-state index contributed by atoms with van der Waals surface area (Å²) in [4.78, 5) is 39.1. The van der Waals surface area contributed by atoms with Crippen molar-refractivity contribution in [2.24, 2.45) is 5.92 Å². The van der Waals surface area contributed by atoms with E-state index >= 15 is 0 Å². The monoisotopic (exact) mass is 575 g/mol. The molecule has 2 aromatic rings. The first-order chi connectivity index (χ1) is 19.3. The SMILES string of the molecule is CNC(=O)c1cc(C(=O)NCCC2CCN(C(=O)OC(C)(C)C)CC2(F)F)cc2c1OC(CF)C2c1ccccc1. The lowest BCUT2D eigenvalue weighted by Gasteiger charge is -2.38. The Morgan fingerprint density at radius 2 is 1.83 bits per heavy atom. The standard InChI is InChI=1S/C30H36F3N3O5/c1-29(2,3)41-28(39)36-13-11-20(30(32,33)17-36)10-12-35-26(37)19-14-21-24(18-8-6-5-7-9-18)23(16-31)40-25(21)22(15-19)27(38)34-4/h5-9,14-15,20,23-24H,10-13,16-17H2,1-4H3,(H,34,38)(H,35,37). The number of amides is 3. The molecular weight excluding hydrogens is 539 g/mol. The number of rotatable bonds is 7. The van der Waals surface area contributed by atoms with Crippen molar-refractivity contribution < 1.29 is 37.0 Å². The van der Waals surface area contributed by atoms with E-state index in [1.165, 1.54) is 13.1 Å². The van der Waals surface area contributed by atoms with Gasteiger partial charge in [-0.2, -0.15) is 0 Å². The van der Waals surface area contributed by atoms with Crippen molar-refractivity contribution in [3.05, 3.63) is 64.7 Å². The minimum atomic E-state index is -3.15. The molecule has 0 spiro atoms. The van der Waals surface area contributed by atoms with Crippen LogP contribution in [-0.2, 0) is 4.74 Å². The molecule has 41 heavy (non-hydrogen) atoms. The quantitative estimate of drug-likeness (QED) is 0.489. The fourth-order valence-corrected chi connectivity index (χ4v) is 5.33. The van der Waals surface area contributed by atoms with E-state index in [1.54, 1.807) is 26.8 Å². The zero-order chi connectivity index (χ0) is 29.9. The second kappa shape index (κ2) is 12.0. The van der Waals surface area contributed by atoms with Gasteiger partial charge in [-0.25, -0.2) is 18.0 Å². The zero-order valence-electron chi connectivity index (χ0n) is 23.6. The summed E-state index contributed by atoms with van der Waals surface area (Å²) >= 11 is 0. The van der Waals surface area contributed by atoms with Crippen molar-refractivity contribution in [1.29, 1.82) is 0 Å². The molecule has 4 rings (SSSR count). The van der Waals surface area contributed by atoms with Crippen molar-refractivity contribution in [3.63, 3.8) is 0 Å². The Hall–Kier alpha value is -3.76. The number of nitrogens with one attached hydrogen (secondary N) is 2. The number of carbonyl (C=O) groups is 3. The molecule has 0 radical (unpaired) electrons. The molecule has 3 amide bonds. The number of alkyl halides is 3. The van der Waals surface area contributed by atoms with Gasteiger partial charge < -0.3 is 25.0 Å². The van der Waals surface area contributed by atoms with Crippen molar-refractivity contribution in [3.8, 4) is 5.75 Å². The molecule has 0 bridgehead atoms. The maximum absolute atomic E-state index is 14.9. The van der Waals surface area contributed by atoms with Crippen molar-refractivity contribution in [2.75, 3.05) is 33.4 Å². The van der Waals surface area contributed by atoms with Gasteiger partial charge in [0.15, 0.2) is 0 Å². The topological polar surface area (TPSA) is 97.0 Å². The minimum absolute atomic E-state index is 0.00613. The molecule has 0 saturated carbocycles. The third-order valence-corrected chi connectivity index (χ3v) is 7.31. The van der Waals surface area contributed by atoms with Gasteiger partial charge in [-0.15, -0.1) is 0 Å². The van der Waals surface area contributed by atoms with Gasteiger partial charge >= 0.3 is 6.09 Å². The van der Waals surface area contributed by atoms with E-state index in [2.05, 4.69) is 10.6 Å². The number of hydrogen-bond acceptors (Lipinski definition) is 5. The summed E-state index contributed by atoms with van der Waals surface area (Å²) in [6.45, 7) is 3.55. The molecule has 2 aromatic carbocycles. The summed E-state index contributed by atoms with van der Waals surface area (Å²) in [6.07, 6.45) is -1.60. The van der Waals surface area contributed by atoms with Gasteiger partial charge in [0.05, 0.1) is 18.0 Å². The van der Waals surface area contributed by atoms with Crippen LogP contribution in [0.3, 0.4) is 0 Å². The van der Waals surface area contributed by atoms with E-state index in [1.807, 2.05) is 30.3 Å². The number of benzene rings is 2. The number of ether oxygens (including phenoxy) is 2. The van der Waals surface area contributed by atoms with Crippen molar-refractivity contribution >= 4 is 17.9 Å². The van der Waals surface area contributed by atoms with Crippen LogP contribution < -0.4 is 15.4 Å². The third kappa shape index (κ3) is 6.77. The van der Waals surface area contributed by atoms with Crippen molar-refractivity contribution in [1.82, 2.24) is 15.5 Å². The molecule has 0 aromatic heterocycles. The van der Waals surface area contributed by atoms with Crippen LogP contribution in [0.1, 0.15) is 71.4 Å². The molecule has 0 aliphatic carbocycles. The molecule has 1 fully saturated rings. The van der Waals surface area contributed by atoms with Gasteiger partial charge in [0.1, 0.15) is 24.1 Å². The Balaban J connectivity index is 1.47. The van der Waals surface area contributed by atoms with Gasteiger partial charge in [0.25, 0.3) is 17.7 Å². The summed E-state index contributed by atoms with van der Waals surface area (Å²) in [5.74, 6) is -5.57. The summed E-state index contributed by atoms with van der Waals surface area (Å²) in [5, 5.41) is 5.20. The summed E-state index contributed by atoms with van der Waals surface area (Å²) in [5.41, 5.74) is 0.717. The number of piperidine rings is 1. The summed E-state index contributed by atoms with van der Waals surface area (Å²) in [6, 6.07) is 12.0. The lowest BCUT2D eigenvalue weighted by molar-refractivity contribution is -0.112. The van der Waals surface area contributed by atoms with Gasteiger partial charge in [0, 0.05) is 37.2 Å². The Labute approximate surface area is 237 Å². The zero-order valence-corrected chi connectivity index (χ0v) is 23.6. The number of hydrogen-bond donors (Lipinski definition) is 2. The number of halogens is 3. The van der Waals surface area contributed by atoms with E-state index < -0.39 is 60.6 Å². The maximum Gasteiger partial charge on any atom is 0.410 e. The smallest absolute Gasteiger partial charge is 0.410 e. The van der Waals surface area contributed by atoms with Gasteiger partial charge in [-0.3, -0.25) is 9.59 Å². The normalized spacial score (nSPS) is 21.4. The van der Waals surface area contributed by atoms with E-state index in [0.717, 1.165) is 10.5 Å². The van der Waals surface area contributed by atoms with Crippen LogP contribution in [0, 0.1) is 5.92 Å². The minimum Gasteiger partial charge on any atom is -0.486 e. The Bertz CT molecular complexity index is 1280. The Morgan fingerprint density at radius 1 is 1.12 bits per heavy atom. The third-order valence-electron chi connectivity index (χ3n) is 7.31. The van der Waals surface area contributed by atoms with Crippen LogP contribution in [0.4, 0.5) is 18.0 Å². The summed E-state index contributed by atoms with van der Waals surface area (Å²) in [7, 11) is 1.44. The fourth-order valence-electron chi connectivity index (χ4n) is 5.33. The highest BCUT2D eigenvalue weighted by Crippen LogP contribution is 2.45. The number of nitrogens with zero attached hydrogens (tertiary/aromatic N) is 1. The molecule has 3 atom stereocenters. The Kier molecular flexibility index (Phi) is 8.84. The molecule has 2 N–H and O–H groups in total. The van der Waals surface area contributed by atoms with Crippen LogP contribution in [0.15, 0.2) is 42.5 Å².